The van der Waals surface area contributed by atoms with Crippen molar-refractivity contribution in [3.63, 3.8) is 0 Å². The highest BCUT2D eigenvalue weighted by atomic mass is 16.6. The Morgan fingerprint density at radius 2 is 2.16 bits per heavy atom. The van der Waals surface area contributed by atoms with E-state index in [4.69, 9.17) is 14.7 Å². The number of carbonyl (C=O) groups is 1. The first kappa shape index (κ1) is 13.2. The van der Waals surface area contributed by atoms with Crippen LogP contribution in [0.3, 0.4) is 0 Å². The smallest absolute Gasteiger partial charge is 0.258 e. The van der Waals surface area contributed by atoms with E-state index in [0.717, 1.165) is 0 Å². The predicted octanol–water partition coefficient (Wildman–Crippen LogP) is 1.83. The molecule has 5 nitrogen and oxygen atoms in total. The van der Waals surface area contributed by atoms with Gasteiger partial charge in [-0.25, -0.2) is 0 Å². The van der Waals surface area contributed by atoms with Crippen LogP contribution in [-0.2, 0) is 0 Å². The highest BCUT2D eigenvalue weighted by Gasteiger charge is 2.25. The van der Waals surface area contributed by atoms with Gasteiger partial charge in [0.25, 0.3) is 5.91 Å². The predicted molar refractivity (Wildman–Crippen MR) is 69.2 cm³/mol. The number of fused-ring (bicyclic) bond motifs is 1. The highest BCUT2D eigenvalue weighted by molar-refractivity contribution is 5.98. The van der Waals surface area contributed by atoms with Crippen molar-refractivity contribution >= 4 is 5.91 Å². The average Bonchev–Trinajstić information content (AvgIpc) is 2.43. The van der Waals surface area contributed by atoms with Crippen molar-refractivity contribution in [2.24, 2.45) is 0 Å². The molecule has 0 fully saturated rings. The van der Waals surface area contributed by atoms with Crippen molar-refractivity contribution in [3.8, 4) is 17.6 Å². The summed E-state index contributed by atoms with van der Waals surface area (Å²) in [6.45, 7) is 4.72. The van der Waals surface area contributed by atoms with Crippen LogP contribution in [0.5, 0.6) is 11.5 Å². The first-order chi connectivity index (χ1) is 9.15. The second kappa shape index (κ2) is 5.61. The first-order valence-electron chi connectivity index (χ1n) is 6.21. The summed E-state index contributed by atoms with van der Waals surface area (Å²) in [5.74, 6) is 0.846. The number of para-hydroxylation sites is 1. The molecule has 1 aromatic rings. The van der Waals surface area contributed by atoms with Crippen molar-refractivity contribution in [3.05, 3.63) is 23.8 Å². The number of rotatable bonds is 3. The number of hydrogen-bond donors (Lipinski definition) is 0. The van der Waals surface area contributed by atoms with Gasteiger partial charge in [-0.3, -0.25) is 4.79 Å². The molecule has 5 heteroatoms. The van der Waals surface area contributed by atoms with E-state index in [-0.39, 0.29) is 18.5 Å². The quantitative estimate of drug-likeness (QED) is 0.778. The summed E-state index contributed by atoms with van der Waals surface area (Å²) >= 11 is 0. The molecule has 1 amide bonds. The number of benzene rings is 1. The van der Waals surface area contributed by atoms with Gasteiger partial charge in [0.15, 0.2) is 11.5 Å². The molecular formula is C14H16N2O3. The molecule has 1 aromatic carbocycles. The molecule has 0 aromatic heterocycles. The molecule has 1 aliphatic heterocycles. The lowest BCUT2D eigenvalue weighted by molar-refractivity contribution is 0.0721. The minimum absolute atomic E-state index is 0.0486. The molecular weight excluding hydrogens is 244 g/mol. The molecule has 2 rings (SSSR count). The minimum Gasteiger partial charge on any atom is -0.486 e. The molecule has 0 radical (unpaired) electrons. The fourth-order valence-corrected chi connectivity index (χ4v) is 1.96. The summed E-state index contributed by atoms with van der Waals surface area (Å²) in [6.07, 6.45) is 0. The second-order valence-corrected chi connectivity index (χ2v) is 4.51. The molecule has 0 spiro atoms. The van der Waals surface area contributed by atoms with Gasteiger partial charge in [0.2, 0.25) is 0 Å². The second-order valence-electron chi connectivity index (χ2n) is 4.51. The van der Waals surface area contributed by atoms with E-state index in [9.17, 15) is 4.79 Å². The maximum atomic E-state index is 12.5. The molecule has 0 saturated heterocycles. The number of ether oxygens (including phenoxy) is 2. The monoisotopic (exact) mass is 260 g/mol. The summed E-state index contributed by atoms with van der Waals surface area (Å²) in [6, 6.07) is 7.19. The standard InChI is InChI=1S/C14H16N2O3/c1-10(2)16(7-6-15)14(17)11-4-3-5-12-13(11)19-9-8-18-12/h3-5,10H,7-9H2,1-2H3. The molecule has 0 N–H and O–H groups in total. The Morgan fingerprint density at radius 1 is 1.42 bits per heavy atom. The molecule has 0 atom stereocenters. The Hall–Kier alpha value is -2.22. The molecule has 0 saturated carbocycles. The van der Waals surface area contributed by atoms with Crippen LogP contribution < -0.4 is 9.47 Å². The van der Waals surface area contributed by atoms with Crippen molar-refractivity contribution in [2.75, 3.05) is 19.8 Å². The maximum Gasteiger partial charge on any atom is 0.258 e. The number of hydrogen-bond acceptors (Lipinski definition) is 4. The van der Waals surface area contributed by atoms with Gasteiger partial charge in [-0.2, -0.15) is 5.26 Å². The van der Waals surface area contributed by atoms with Gasteiger partial charge in [-0.05, 0) is 26.0 Å². The fourth-order valence-electron chi connectivity index (χ4n) is 1.96. The van der Waals surface area contributed by atoms with E-state index < -0.39 is 0 Å². The van der Waals surface area contributed by atoms with E-state index in [1.807, 2.05) is 19.9 Å². The average molecular weight is 260 g/mol. The van der Waals surface area contributed by atoms with Gasteiger partial charge in [-0.15, -0.1) is 0 Å². The third kappa shape index (κ3) is 2.63. The van der Waals surface area contributed by atoms with Crippen LogP contribution in [0.15, 0.2) is 18.2 Å². The third-order valence-electron chi connectivity index (χ3n) is 2.92. The SMILES string of the molecule is CC(C)N(CC#N)C(=O)c1cccc2c1OCCO2. The normalized spacial score (nSPS) is 12.9. The van der Waals surface area contributed by atoms with E-state index >= 15 is 0 Å². The van der Waals surface area contributed by atoms with E-state index in [0.29, 0.717) is 30.3 Å². The zero-order valence-electron chi connectivity index (χ0n) is 11.0. The Morgan fingerprint density at radius 3 is 2.84 bits per heavy atom. The van der Waals surface area contributed by atoms with Crippen molar-refractivity contribution in [1.82, 2.24) is 4.90 Å². The molecule has 0 bridgehead atoms. The van der Waals surface area contributed by atoms with Gasteiger partial charge < -0.3 is 14.4 Å². The number of amides is 1. The molecule has 0 aliphatic carbocycles. The van der Waals surface area contributed by atoms with Crippen LogP contribution in [0.4, 0.5) is 0 Å². The van der Waals surface area contributed by atoms with Crippen LogP contribution in [0.1, 0.15) is 24.2 Å². The molecule has 19 heavy (non-hydrogen) atoms. The Labute approximate surface area is 112 Å². The zero-order valence-corrected chi connectivity index (χ0v) is 11.0. The van der Waals surface area contributed by atoms with E-state index in [2.05, 4.69) is 0 Å². The van der Waals surface area contributed by atoms with Crippen molar-refractivity contribution in [2.45, 2.75) is 19.9 Å². The Balaban J connectivity index is 2.36. The zero-order chi connectivity index (χ0) is 13.8. The lowest BCUT2D eigenvalue weighted by Gasteiger charge is -2.26. The largest absolute Gasteiger partial charge is 0.486 e. The van der Waals surface area contributed by atoms with Crippen LogP contribution in [-0.4, -0.2) is 36.6 Å². The Kier molecular flexibility index (Phi) is 3.91. The van der Waals surface area contributed by atoms with Gasteiger partial charge in [0.05, 0.1) is 11.6 Å². The van der Waals surface area contributed by atoms with E-state index in [1.54, 1.807) is 18.2 Å². The van der Waals surface area contributed by atoms with Crippen LogP contribution in [0.2, 0.25) is 0 Å². The van der Waals surface area contributed by atoms with Crippen LogP contribution >= 0.6 is 0 Å². The molecule has 1 aliphatic rings. The Bertz CT molecular complexity index is 520. The van der Waals surface area contributed by atoms with Gasteiger partial charge in [-0.1, -0.05) is 6.07 Å². The van der Waals surface area contributed by atoms with Gasteiger partial charge in [0.1, 0.15) is 19.8 Å². The summed E-state index contributed by atoms with van der Waals surface area (Å²) in [4.78, 5) is 14.0. The summed E-state index contributed by atoms with van der Waals surface area (Å²) in [7, 11) is 0. The van der Waals surface area contributed by atoms with Gasteiger partial charge in [0, 0.05) is 6.04 Å². The summed E-state index contributed by atoms with van der Waals surface area (Å²) in [5, 5.41) is 8.82. The lowest BCUT2D eigenvalue weighted by Crippen LogP contribution is -2.37. The first-order valence-corrected chi connectivity index (χ1v) is 6.21. The molecule has 1 heterocycles. The topological polar surface area (TPSA) is 62.6 Å². The number of nitriles is 1. The summed E-state index contributed by atoms with van der Waals surface area (Å²) in [5.41, 5.74) is 0.446. The third-order valence-corrected chi connectivity index (χ3v) is 2.92. The van der Waals surface area contributed by atoms with Crippen LogP contribution in [0.25, 0.3) is 0 Å². The molecule has 0 unspecified atom stereocenters. The summed E-state index contributed by atoms with van der Waals surface area (Å²) < 4.78 is 11.0. The fraction of sp³-hybridized carbons (Fsp3) is 0.429. The lowest BCUT2D eigenvalue weighted by atomic mass is 10.1. The minimum atomic E-state index is -0.209. The van der Waals surface area contributed by atoms with E-state index in [1.165, 1.54) is 4.90 Å². The maximum absolute atomic E-state index is 12.5. The van der Waals surface area contributed by atoms with Gasteiger partial charge >= 0.3 is 0 Å². The van der Waals surface area contributed by atoms with Crippen molar-refractivity contribution in [1.29, 1.82) is 5.26 Å². The van der Waals surface area contributed by atoms with Crippen molar-refractivity contribution < 1.29 is 14.3 Å². The van der Waals surface area contributed by atoms with Crippen LogP contribution in [0, 0.1) is 11.3 Å². The molecule has 100 valence electrons. The number of carbonyl (C=O) groups excluding carboxylic acids is 1. The number of nitrogens with zero attached hydrogens (tertiary/aromatic N) is 2. The highest BCUT2D eigenvalue weighted by Crippen LogP contribution is 2.34.